The van der Waals surface area contributed by atoms with Gasteiger partial charge in [0.25, 0.3) is 0 Å². The Morgan fingerprint density at radius 3 is 2.50 bits per heavy atom. The number of aryl methyl sites for hydroxylation is 2. The third-order valence-electron chi connectivity index (χ3n) is 3.01. The highest BCUT2D eigenvalue weighted by Crippen LogP contribution is 2.23. The molecule has 0 aliphatic carbocycles. The van der Waals surface area contributed by atoms with Crippen LogP contribution in [0, 0.1) is 0 Å². The molecule has 0 amide bonds. The number of aromatic nitrogens is 2. The van der Waals surface area contributed by atoms with Crippen molar-refractivity contribution in [3.05, 3.63) is 15.9 Å². The molecule has 3 nitrogen and oxygen atoms in total. The van der Waals surface area contributed by atoms with Crippen LogP contribution in [0.3, 0.4) is 0 Å². The lowest BCUT2D eigenvalue weighted by molar-refractivity contribution is 0.272. The average Bonchev–Trinajstić information content (AvgIpc) is 2.67. The van der Waals surface area contributed by atoms with E-state index in [9.17, 15) is 0 Å². The smallest absolute Gasteiger partial charge is 0.0767 e. The normalized spacial score (nSPS) is 11.4. The predicted octanol–water partition coefficient (Wildman–Crippen LogP) is 3.68. The van der Waals surface area contributed by atoms with Gasteiger partial charge in [0.1, 0.15) is 0 Å². The molecule has 1 rings (SSSR count). The molecule has 18 heavy (non-hydrogen) atoms. The van der Waals surface area contributed by atoms with E-state index in [-0.39, 0.29) is 0 Å². The summed E-state index contributed by atoms with van der Waals surface area (Å²) in [5.74, 6) is 0.679. The van der Waals surface area contributed by atoms with Gasteiger partial charge >= 0.3 is 0 Å². The van der Waals surface area contributed by atoms with Crippen LogP contribution in [-0.4, -0.2) is 33.6 Å². The molecule has 0 unspecified atom stereocenters. The fourth-order valence-electron chi connectivity index (χ4n) is 2.09. The van der Waals surface area contributed by atoms with Gasteiger partial charge in [0.15, 0.2) is 0 Å². The Balaban J connectivity index is 2.89. The van der Waals surface area contributed by atoms with Gasteiger partial charge < -0.3 is 0 Å². The fraction of sp³-hybridized carbons (Fsp3) is 0.769. The van der Waals surface area contributed by atoms with Crippen molar-refractivity contribution >= 4 is 27.5 Å². The molecule has 1 aromatic heterocycles. The van der Waals surface area contributed by atoms with Crippen molar-refractivity contribution in [2.75, 3.05) is 19.0 Å². The molecular weight excluding hydrogens is 314 g/mol. The Morgan fingerprint density at radius 2 is 2.00 bits per heavy atom. The zero-order chi connectivity index (χ0) is 13.5. The summed E-state index contributed by atoms with van der Waals surface area (Å²) in [6.07, 6.45) is 2.11. The lowest BCUT2D eigenvalue weighted by Gasteiger charge is -2.21. The van der Waals surface area contributed by atoms with Crippen LogP contribution in [0.25, 0.3) is 0 Å². The second-order valence-corrected chi connectivity index (χ2v) is 5.51. The molecule has 0 aliphatic rings. The van der Waals surface area contributed by atoms with Crippen LogP contribution in [0.2, 0.25) is 0 Å². The monoisotopic (exact) mass is 335 g/mol. The Morgan fingerprint density at radius 1 is 1.28 bits per heavy atom. The molecule has 5 heteroatoms. The quantitative estimate of drug-likeness (QED) is 0.675. The van der Waals surface area contributed by atoms with Crippen LogP contribution >= 0.6 is 27.5 Å². The topological polar surface area (TPSA) is 21.1 Å². The number of alkyl halides is 1. The Labute approximate surface area is 124 Å². The van der Waals surface area contributed by atoms with Crippen molar-refractivity contribution in [3.8, 4) is 0 Å². The summed E-state index contributed by atoms with van der Waals surface area (Å²) in [5, 5.41) is 4.63. The summed E-state index contributed by atoms with van der Waals surface area (Å²) in [7, 11) is 0. The van der Waals surface area contributed by atoms with Gasteiger partial charge in [-0.15, -0.1) is 11.6 Å². The van der Waals surface area contributed by atoms with E-state index >= 15 is 0 Å². The van der Waals surface area contributed by atoms with Crippen molar-refractivity contribution in [1.82, 2.24) is 14.7 Å². The van der Waals surface area contributed by atoms with Gasteiger partial charge in [0.05, 0.1) is 15.9 Å². The summed E-state index contributed by atoms with van der Waals surface area (Å²) < 4.78 is 3.27. The van der Waals surface area contributed by atoms with E-state index in [2.05, 4.69) is 51.4 Å². The molecule has 0 aliphatic heterocycles. The molecule has 0 N–H and O–H groups in total. The third kappa shape index (κ3) is 3.97. The molecule has 0 fully saturated rings. The maximum atomic E-state index is 5.87. The van der Waals surface area contributed by atoms with Crippen LogP contribution in [0.1, 0.15) is 38.6 Å². The average molecular weight is 337 g/mol. The van der Waals surface area contributed by atoms with Crippen LogP contribution in [0.4, 0.5) is 0 Å². The van der Waals surface area contributed by atoms with Gasteiger partial charge in [0, 0.05) is 25.5 Å². The van der Waals surface area contributed by atoms with E-state index in [1.165, 1.54) is 10.2 Å². The first-order valence-corrected chi connectivity index (χ1v) is 8.02. The standard InChI is InChI=1S/C13H23BrClN3/c1-4-8-17(9-7-15)10-12-13(14)11(5-2)16-18(12)6-3/h4-10H2,1-3H3. The van der Waals surface area contributed by atoms with Gasteiger partial charge in [-0.2, -0.15) is 5.10 Å². The van der Waals surface area contributed by atoms with Gasteiger partial charge in [0.2, 0.25) is 0 Å². The van der Waals surface area contributed by atoms with Crippen LogP contribution in [-0.2, 0) is 19.5 Å². The molecule has 0 radical (unpaired) electrons. The van der Waals surface area contributed by atoms with E-state index in [0.717, 1.165) is 44.7 Å². The lowest BCUT2D eigenvalue weighted by Crippen LogP contribution is -2.27. The maximum Gasteiger partial charge on any atom is 0.0767 e. The van der Waals surface area contributed by atoms with Crippen molar-refractivity contribution < 1.29 is 0 Å². The molecule has 1 heterocycles. The lowest BCUT2D eigenvalue weighted by atomic mass is 10.3. The SMILES string of the molecule is CCCN(CCCl)Cc1c(Br)c(CC)nn1CC. The first kappa shape index (κ1) is 16.0. The van der Waals surface area contributed by atoms with Crippen molar-refractivity contribution in [2.24, 2.45) is 0 Å². The van der Waals surface area contributed by atoms with E-state index in [1.54, 1.807) is 0 Å². The van der Waals surface area contributed by atoms with E-state index in [4.69, 9.17) is 11.6 Å². The minimum atomic E-state index is 0.679. The fourth-order valence-corrected chi connectivity index (χ4v) is 3.01. The molecule has 0 saturated heterocycles. The zero-order valence-electron chi connectivity index (χ0n) is 11.5. The number of hydrogen-bond donors (Lipinski definition) is 0. The highest BCUT2D eigenvalue weighted by Gasteiger charge is 2.16. The third-order valence-corrected chi connectivity index (χ3v) is 4.09. The number of rotatable bonds is 8. The minimum absolute atomic E-state index is 0.679. The highest BCUT2D eigenvalue weighted by atomic mass is 79.9. The molecule has 0 spiro atoms. The largest absolute Gasteiger partial charge is 0.296 e. The first-order chi connectivity index (χ1) is 8.67. The molecule has 0 saturated carbocycles. The molecule has 0 bridgehead atoms. The van der Waals surface area contributed by atoms with Crippen LogP contribution in [0.15, 0.2) is 4.47 Å². The molecule has 104 valence electrons. The summed E-state index contributed by atoms with van der Waals surface area (Å²) in [5.41, 5.74) is 2.42. The second kappa shape index (κ2) is 8.18. The number of nitrogens with zero attached hydrogens (tertiary/aromatic N) is 3. The van der Waals surface area contributed by atoms with Crippen LogP contribution in [0.5, 0.6) is 0 Å². The van der Waals surface area contributed by atoms with E-state index in [1.807, 2.05) is 0 Å². The number of halogens is 2. The maximum absolute atomic E-state index is 5.87. The molecule has 0 aromatic carbocycles. The Kier molecular flexibility index (Phi) is 7.27. The highest BCUT2D eigenvalue weighted by molar-refractivity contribution is 9.10. The zero-order valence-corrected chi connectivity index (χ0v) is 13.9. The van der Waals surface area contributed by atoms with Gasteiger partial charge in [-0.05, 0) is 42.2 Å². The van der Waals surface area contributed by atoms with Crippen molar-refractivity contribution in [1.29, 1.82) is 0 Å². The molecule has 0 atom stereocenters. The first-order valence-electron chi connectivity index (χ1n) is 6.70. The number of hydrogen-bond acceptors (Lipinski definition) is 2. The van der Waals surface area contributed by atoms with Gasteiger partial charge in [-0.25, -0.2) is 0 Å². The predicted molar refractivity (Wildman–Crippen MR) is 81.3 cm³/mol. The van der Waals surface area contributed by atoms with E-state index < -0.39 is 0 Å². The van der Waals surface area contributed by atoms with Crippen molar-refractivity contribution in [2.45, 2.75) is 46.7 Å². The Hall–Kier alpha value is -0.0600. The molecular formula is C13H23BrClN3. The molecule has 1 aromatic rings. The van der Waals surface area contributed by atoms with Gasteiger partial charge in [-0.3, -0.25) is 9.58 Å². The summed E-state index contributed by atoms with van der Waals surface area (Å²) in [6, 6.07) is 0. The Bertz CT molecular complexity index is 359. The van der Waals surface area contributed by atoms with Gasteiger partial charge in [-0.1, -0.05) is 13.8 Å². The summed E-state index contributed by atoms with van der Waals surface area (Å²) in [6.45, 7) is 10.3. The van der Waals surface area contributed by atoms with Crippen LogP contribution < -0.4 is 0 Å². The van der Waals surface area contributed by atoms with E-state index in [0.29, 0.717) is 5.88 Å². The second-order valence-electron chi connectivity index (χ2n) is 4.34. The minimum Gasteiger partial charge on any atom is -0.296 e. The van der Waals surface area contributed by atoms with Crippen molar-refractivity contribution in [3.63, 3.8) is 0 Å². The summed E-state index contributed by atoms with van der Waals surface area (Å²) in [4.78, 5) is 2.39. The summed E-state index contributed by atoms with van der Waals surface area (Å²) >= 11 is 9.56.